The van der Waals surface area contributed by atoms with Crippen LogP contribution in [0.15, 0.2) is 54.6 Å². The predicted octanol–water partition coefficient (Wildman–Crippen LogP) is 5.89. The molecule has 2 heterocycles. The molecule has 0 aliphatic heterocycles. The van der Waals surface area contributed by atoms with E-state index in [1.807, 2.05) is 68.4 Å². The van der Waals surface area contributed by atoms with Gasteiger partial charge in [0, 0.05) is 11.3 Å². The van der Waals surface area contributed by atoms with Gasteiger partial charge in [-0.25, -0.2) is 9.78 Å². The number of nitrogens with one attached hydrogen (secondary N) is 2. The molecule has 0 spiro atoms. The topological polar surface area (TPSA) is 81.8 Å². The molecule has 3 N–H and O–H groups in total. The molecule has 140 valence electrons. The summed E-state index contributed by atoms with van der Waals surface area (Å²) in [6.45, 7) is 5.77. The van der Waals surface area contributed by atoms with Crippen LogP contribution in [-0.2, 0) is 0 Å². The third kappa shape index (κ3) is 3.62. The number of fused-ring (bicyclic) bond motifs is 1. The zero-order valence-electron chi connectivity index (χ0n) is 15.0. The zero-order valence-corrected chi connectivity index (χ0v) is 15.0. The van der Waals surface area contributed by atoms with Gasteiger partial charge in [-0.15, -0.1) is 0 Å². The van der Waals surface area contributed by atoms with E-state index in [1.54, 1.807) is 6.92 Å². The van der Waals surface area contributed by atoms with Crippen molar-refractivity contribution in [1.29, 1.82) is 0 Å². The molecule has 0 aliphatic rings. The summed E-state index contributed by atoms with van der Waals surface area (Å²) in [5.41, 5.74) is 4.82. The number of imidazole rings is 1. The maximum atomic E-state index is 11.8. The maximum Gasteiger partial charge on any atom is 0.338 e. The molecule has 2 aromatic carbocycles. The van der Waals surface area contributed by atoms with Gasteiger partial charge >= 0.3 is 5.97 Å². The number of H-pyrrole nitrogens is 2. The van der Waals surface area contributed by atoms with Gasteiger partial charge < -0.3 is 15.1 Å². The van der Waals surface area contributed by atoms with Gasteiger partial charge in [-0.1, -0.05) is 63.7 Å². The largest absolute Gasteiger partial charge is 0.478 e. The molecule has 5 heteroatoms. The van der Waals surface area contributed by atoms with Gasteiger partial charge in [0.2, 0.25) is 0 Å². The zero-order chi connectivity index (χ0) is 18.7. The number of aryl methyl sites for hydroxylation is 1. The molecule has 0 saturated carbocycles. The van der Waals surface area contributed by atoms with Crippen LogP contribution in [-0.4, -0.2) is 26.0 Å². The summed E-state index contributed by atoms with van der Waals surface area (Å²) in [6.07, 6.45) is 0. The van der Waals surface area contributed by atoms with E-state index in [2.05, 4.69) is 15.0 Å². The number of para-hydroxylation sites is 2. The lowest BCUT2D eigenvalue weighted by molar-refractivity contribution is 0.0697. The van der Waals surface area contributed by atoms with Crippen LogP contribution >= 0.6 is 0 Å². The van der Waals surface area contributed by atoms with Gasteiger partial charge in [0.05, 0.1) is 22.3 Å². The molecule has 5 nitrogen and oxygen atoms in total. The first kappa shape index (κ1) is 20.0. The highest BCUT2D eigenvalue weighted by Crippen LogP contribution is 2.36. The molecule has 4 aromatic rings. The number of carboxylic acids is 1. The van der Waals surface area contributed by atoms with Crippen molar-refractivity contribution in [2.45, 2.75) is 28.2 Å². The fourth-order valence-corrected chi connectivity index (χ4v) is 3.03. The summed E-state index contributed by atoms with van der Waals surface area (Å²) in [7, 11) is 0. The lowest BCUT2D eigenvalue weighted by atomic mass is 10.00. The molecule has 0 unspecified atom stereocenters. The fraction of sp³-hybridized carbons (Fsp3) is 0.182. The number of hydrogen-bond donors (Lipinski definition) is 3. The minimum Gasteiger partial charge on any atom is -0.478 e. The number of carboxylic acid groups (broad SMARTS) is 1. The fourth-order valence-electron chi connectivity index (χ4n) is 3.03. The van der Waals surface area contributed by atoms with E-state index < -0.39 is 5.97 Å². The van der Waals surface area contributed by atoms with E-state index in [-0.39, 0.29) is 13.0 Å². The Morgan fingerprint density at radius 1 is 0.963 bits per heavy atom. The summed E-state index contributed by atoms with van der Waals surface area (Å²) in [4.78, 5) is 22.8. The number of aromatic amines is 2. The van der Waals surface area contributed by atoms with E-state index in [4.69, 9.17) is 0 Å². The quantitative estimate of drug-likeness (QED) is 0.424. The Labute approximate surface area is 159 Å². The summed E-state index contributed by atoms with van der Waals surface area (Å²) < 4.78 is 0. The van der Waals surface area contributed by atoms with Crippen molar-refractivity contribution in [3.05, 3.63) is 65.9 Å². The highest BCUT2D eigenvalue weighted by molar-refractivity contribution is 6.02. The van der Waals surface area contributed by atoms with Gasteiger partial charge in [0.25, 0.3) is 0 Å². The van der Waals surface area contributed by atoms with Gasteiger partial charge in [0.1, 0.15) is 0 Å². The number of aromatic carboxylic acids is 1. The molecular formula is C22H25N3O2. The number of hydrogen-bond acceptors (Lipinski definition) is 2. The smallest absolute Gasteiger partial charge is 0.338 e. The van der Waals surface area contributed by atoms with Crippen molar-refractivity contribution in [2.24, 2.45) is 0 Å². The Balaban J connectivity index is 0.000000844. The number of rotatable bonds is 3. The van der Waals surface area contributed by atoms with Gasteiger partial charge in [-0.05, 0) is 24.6 Å². The van der Waals surface area contributed by atoms with Crippen molar-refractivity contribution < 1.29 is 9.90 Å². The standard InChI is InChI=1S/C19H15N3O2.C2H6.CH4/c1-11-15(19(23)24)16(12-7-3-2-4-8-12)17(20-11)18-21-13-9-5-6-10-14(13)22-18;1-2;/h2-10,20H,1H3,(H,21,22)(H,23,24);1-2H3;1H4. The third-order valence-corrected chi connectivity index (χ3v) is 4.09. The van der Waals surface area contributed by atoms with E-state index >= 15 is 0 Å². The van der Waals surface area contributed by atoms with Crippen molar-refractivity contribution in [2.75, 3.05) is 0 Å². The lowest BCUT2D eigenvalue weighted by Gasteiger charge is -2.04. The summed E-state index contributed by atoms with van der Waals surface area (Å²) >= 11 is 0. The first-order valence-electron chi connectivity index (χ1n) is 8.61. The molecule has 2 aromatic heterocycles. The van der Waals surface area contributed by atoms with E-state index in [1.165, 1.54) is 0 Å². The summed E-state index contributed by atoms with van der Waals surface area (Å²) in [5, 5.41) is 9.66. The SMILES string of the molecule is C.CC.Cc1[nH]c(-c2nc3ccccc3[nH]2)c(-c2ccccc2)c1C(=O)O. The molecule has 4 rings (SSSR count). The van der Waals surface area contributed by atoms with Crippen LogP contribution in [0.2, 0.25) is 0 Å². The normalized spacial score (nSPS) is 10.0. The maximum absolute atomic E-state index is 11.8. The highest BCUT2D eigenvalue weighted by Gasteiger charge is 2.24. The summed E-state index contributed by atoms with van der Waals surface area (Å²) in [6, 6.07) is 17.2. The second-order valence-electron chi connectivity index (χ2n) is 5.65. The second-order valence-corrected chi connectivity index (χ2v) is 5.65. The van der Waals surface area contributed by atoms with Crippen LogP contribution in [0.4, 0.5) is 0 Å². The number of carbonyl (C=O) groups is 1. The lowest BCUT2D eigenvalue weighted by Crippen LogP contribution is -1.99. The first-order valence-corrected chi connectivity index (χ1v) is 8.61. The van der Waals surface area contributed by atoms with E-state index in [0.717, 1.165) is 16.6 Å². The molecule has 0 aliphatic carbocycles. The second kappa shape index (κ2) is 8.36. The Kier molecular flexibility index (Phi) is 6.19. The predicted molar refractivity (Wildman–Crippen MR) is 111 cm³/mol. The Morgan fingerprint density at radius 2 is 1.59 bits per heavy atom. The molecule has 0 atom stereocenters. The molecule has 0 amide bonds. The Bertz CT molecular complexity index is 1010. The van der Waals surface area contributed by atoms with Crippen LogP contribution in [0.3, 0.4) is 0 Å². The molecule has 0 radical (unpaired) electrons. The molecule has 0 bridgehead atoms. The number of benzene rings is 2. The monoisotopic (exact) mass is 363 g/mol. The average Bonchev–Trinajstić information content (AvgIpc) is 3.24. The number of aromatic nitrogens is 3. The van der Waals surface area contributed by atoms with Crippen LogP contribution < -0.4 is 0 Å². The van der Waals surface area contributed by atoms with Crippen molar-refractivity contribution in [3.63, 3.8) is 0 Å². The van der Waals surface area contributed by atoms with Crippen molar-refractivity contribution in [3.8, 4) is 22.6 Å². The molecule has 0 fully saturated rings. The Hall–Kier alpha value is -3.34. The third-order valence-electron chi connectivity index (χ3n) is 4.09. The van der Waals surface area contributed by atoms with Gasteiger partial charge in [0.15, 0.2) is 5.82 Å². The Morgan fingerprint density at radius 3 is 2.22 bits per heavy atom. The molecular weight excluding hydrogens is 338 g/mol. The number of nitrogens with zero attached hydrogens (tertiary/aromatic N) is 1. The highest BCUT2D eigenvalue weighted by atomic mass is 16.4. The van der Waals surface area contributed by atoms with Gasteiger partial charge in [-0.3, -0.25) is 0 Å². The van der Waals surface area contributed by atoms with Crippen molar-refractivity contribution in [1.82, 2.24) is 15.0 Å². The molecule has 0 saturated heterocycles. The van der Waals surface area contributed by atoms with E-state index in [9.17, 15) is 9.90 Å². The van der Waals surface area contributed by atoms with E-state index in [0.29, 0.717) is 22.8 Å². The van der Waals surface area contributed by atoms with Crippen LogP contribution in [0.25, 0.3) is 33.7 Å². The molecule has 27 heavy (non-hydrogen) atoms. The van der Waals surface area contributed by atoms with Crippen LogP contribution in [0.1, 0.15) is 37.3 Å². The van der Waals surface area contributed by atoms with Crippen LogP contribution in [0, 0.1) is 6.92 Å². The average molecular weight is 363 g/mol. The first-order chi connectivity index (χ1) is 12.6. The van der Waals surface area contributed by atoms with Crippen LogP contribution in [0.5, 0.6) is 0 Å². The minimum atomic E-state index is -0.954. The minimum absolute atomic E-state index is 0. The van der Waals surface area contributed by atoms with Gasteiger partial charge in [-0.2, -0.15) is 0 Å². The summed E-state index contributed by atoms with van der Waals surface area (Å²) in [5.74, 6) is -0.324. The van der Waals surface area contributed by atoms with Crippen molar-refractivity contribution >= 4 is 17.0 Å².